The van der Waals surface area contributed by atoms with Crippen molar-refractivity contribution in [3.05, 3.63) is 23.8 Å². The number of primary amides is 1. The Kier molecular flexibility index (Phi) is 16.0. The second kappa shape index (κ2) is 19.5. The highest BCUT2D eigenvalue weighted by Gasteiger charge is 2.51. The molecular formula is C38H61N3O11. The SMILES string of the molecule is COCCCOc1cc(C[C@@H](C[C@H]2[C@H](C[C@H](C(=O)NCC(C)(C)C(N)=O)C(C)C)OCN2C(=O)OCOC(=O)C2(CO)CC2)C(C)C)ccc1OC. The first-order valence-electron chi connectivity index (χ1n) is 18.3. The fourth-order valence-electron chi connectivity index (χ4n) is 6.23. The maximum absolute atomic E-state index is 13.5. The van der Waals surface area contributed by atoms with E-state index in [1.807, 2.05) is 32.0 Å². The Morgan fingerprint density at radius 3 is 2.33 bits per heavy atom. The molecule has 4 atom stereocenters. The van der Waals surface area contributed by atoms with E-state index in [1.54, 1.807) is 28.1 Å². The Labute approximate surface area is 308 Å². The van der Waals surface area contributed by atoms with Gasteiger partial charge in [-0.3, -0.25) is 19.3 Å². The highest BCUT2D eigenvalue weighted by atomic mass is 16.7. The largest absolute Gasteiger partial charge is 0.493 e. The fraction of sp³-hybridized carbons (Fsp3) is 0.737. The molecule has 0 aromatic heterocycles. The maximum atomic E-state index is 13.5. The smallest absolute Gasteiger partial charge is 0.414 e. The summed E-state index contributed by atoms with van der Waals surface area (Å²) in [6.07, 6.45) is 2.07. The fourth-order valence-corrected chi connectivity index (χ4v) is 6.23. The number of ether oxygens (including phenoxy) is 6. The summed E-state index contributed by atoms with van der Waals surface area (Å²) in [5.41, 5.74) is 4.74. The van der Waals surface area contributed by atoms with Crippen LogP contribution in [-0.4, -0.2) is 100 Å². The lowest BCUT2D eigenvalue weighted by Crippen LogP contribution is -2.47. The molecule has 0 bridgehead atoms. The topological polar surface area (TPSA) is 185 Å². The van der Waals surface area contributed by atoms with Crippen LogP contribution in [0.25, 0.3) is 0 Å². The lowest BCUT2D eigenvalue weighted by molar-refractivity contribution is -0.160. The number of esters is 1. The van der Waals surface area contributed by atoms with Gasteiger partial charge in [-0.1, -0.05) is 33.8 Å². The van der Waals surface area contributed by atoms with Crippen molar-refractivity contribution in [2.45, 2.75) is 92.2 Å². The van der Waals surface area contributed by atoms with E-state index in [0.29, 0.717) is 56.8 Å². The van der Waals surface area contributed by atoms with Crippen LogP contribution in [0.15, 0.2) is 18.2 Å². The number of benzene rings is 1. The van der Waals surface area contributed by atoms with E-state index >= 15 is 0 Å². The summed E-state index contributed by atoms with van der Waals surface area (Å²) >= 11 is 0. The van der Waals surface area contributed by atoms with Gasteiger partial charge < -0.3 is 44.6 Å². The number of carbonyl (C=O) groups excluding carboxylic acids is 4. The van der Waals surface area contributed by atoms with Crippen molar-refractivity contribution in [1.82, 2.24) is 10.2 Å². The van der Waals surface area contributed by atoms with E-state index in [-0.39, 0.29) is 43.5 Å². The first-order valence-corrected chi connectivity index (χ1v) is 18.3. The van der Waals surface area contributed by atoms with Crippen LogP contribution in [0.1, 0.15) is 79.2 Å². The predicted molar refractivity (Wildman–Crippen MR) is 192 cm³/mol. The van der Waals surface area contributed by atoms with Gasteiger partial charge in [0.2, 0.25) is 18.6 Å². The molecule has 14 heteroatoms. The Hall–Kier alpha value is -3.62. The molecule has 2 aliphatic rings. The molecule has 52 heavy (non-hydrogen) atoms. The molecule has 4 N–H and O–H groups in total. The van der Waals surface area contributed by atoms with Gasteiger partial charge in [-0.25, -0.2) is 4.79 Å². The van der Waals surface area contributed by atoms with E-state index in [9.17, 15) is 24.3 Å². The summed E-state index contributed by atoms with van der Waals surface area (Å²) < 4.78 is 33.6. The number of nitrogens with zero attached hydrogens (tertiary/aromatic N) is 1. The van der Waals surface area contributed by atoms with Crippen LogP contribution in [0.5, 0.6) is 11.5 Å². The summed E-state index contributed by atoms with van der Waals surface area (Å²) in [5, 5.41) is 12.5. The number of aliphatic hydroxyl groups excluding tert-OH is 1. The van der Waals surface area contributed by atoms with Crippen molar-refractivity contribution in [2.24, 2.45) is 40.2 Å². The standard InChI is InChI=1S/C38H61N3O11/c1-24(2)27(16-26-10-11-30(48-8)32(17-26)49-15-9-14-47-7)18-29-31(19-28(25(3)4)33(43)40-20-37(5,6)34(39)44)50-22-41(29)36(46)52-23-51-35(45)38(21-42)12-13-38/h10-11,17,24-25,27-29,31,42H,9,12-16,18-23H2,1-8H3,(H2,39,44)(H,40,43)/t27-,28-,29-,31-/m0/s1. The van der Waals surface area contributed by atoms with E-state index in [0.717, 1.165) is 12.0 Å². The van der Waals surface area contributed by atoms with Crippen molar-refractivity contribution >= 4 is 23.9 Å². The Morgan fingerprint density at radius 2 is 1.75 bits per heavy atom. The number of hydrogen-bond acceptors (Lipinski definition) is 11. The van der Waals surface area contributed by atoms with E-state index in [1.165, 1.54) is 4.90 Å². The van der Waals surface area contributed by atoms with Gasteiger partial charge in [0.05, 0.1) is 43.3 Å². The first kappa shape index (κ1) is 42.8. The predicted octanol–water partition coefficient (Wildman–Crippen LogP) is 4.04. The second-order valence-electron chi connectivity index (χ2n) is 15.4. The minimum absolute atomic E-state index is 0.0686. The van der Waals surface area contributed by atoms with Gasteiger partial charge in [0.1, 0.15) is 6.73 Å². The highest BCUT2D eigenvalue weighted by molar-refractivity contribution is 5.83. The third-order valence-electron chi connectivity index (χ3n) is 10.4. The monoisotopic (exact) mass is 735 g/mol. The quantitative estimate of drug-likeness (QED) is 0.0887. The van der Waals surface area contributed by atoms with Crippen molar-refractivity contribution in [1.29, 1.82) is 0 Å². The van der Waals surface area contributed by atoms with Gasteiger partial charge >= 0.3 is 12.1 Å². The van der Waals surface area contributed by atoms with Crippen LogP contribution < -0.4 is 20.5 Å². The maximum Gasteiger partial charge on any atom is 0.414 e. The molecule has 3 rings (SSSR count). The normalized spacial score (nSPS) is 19.2. The number of nitrogens with one attached hydrogen (secondary N) is 1. The number of aliphatic hydroxyl groups is 1. The third-order valence-corrected chi connectivity index (χ3v) is 10.4. The Morgan fingerprint density at radius 1 is 1.04 bits per heavy atom. The number of carbonyl (C=O) groups is 4. The molecule has 1 aromatic carbocycles. The van der Waals surface area contributed by atoms with Crippen LogP contribution in [0, 0.1) is 34.5 Å². The minimum atomic E-state index is -0.926. The average molecular weight is 736 g/mol. The number of nitrogens with two attached hydrogens (primary N) is 1. The molecule has 1 aliphatic heterocycles. The summed E-state index contributed by atoms with van der Waals surface area (Å²) in [4.78, 5) is 52.9. The molecule has 294 valence electrons. The molecule has 2 fully saturated rings. The molecule has 1 aliphatic carbocycles. The van der Waals surface area contributed by atoms with Gasteiger partial charge in [0.25, 0.3) is 0 Å². The molecule has 1 saturated heterocycles. The molecule has 1 saturated carbocycles. The van der Waals surface area contributed by atoms with E-state index in [4.69, 9.17) is 34.2 Å². The lowest BCUT2D eigenvalue weighted by Gasteiger charge is -2.33. The molecular weight excluding hydrogens is 674 g/mol. The highest BCUT2D eigenvalue weighted by Crippen LogP contribution is 2.46. The summed E-state index contributed by atoms with van der Waals surface area (Å²) in [5.74, 6) is -0.373. The molecule has 1 heterocycles. The van der Waals surface area contributed by atoms with Crippen molar-refractivity contribution < 1.29 is 52.7 Å². The van der Waals surface area contributed by atoms with Gasteiger partial charge in [-0.15, -0.1) is 0 Å². The lowest BCUT2D eigenvalue weighted by atomic mass is 9.80. The van der Waals surface area contributed by atoms with Crippen LogP contribution in [0.2, 0.25) is 0 Å². The first-order chi connectivity index (χ1) is 24.6. The zero-order valence-corrected chi connectivity index (χ0v) is 32.2. The van der Waals surface area contributed by atoms with Gasteiger partial charge in [-0.05, 0) is 81.4 Å². The zero-order valence-electron chi connectivity index (χ0n) is 32.2. The third kappa shape index (κ3) is 11.7. The zero-order chi connectivity index (χ0) is 38.6. The van der Waals surface area contributed by atoms with Crippen LogP contribution in [0.3, 0.4) is 0 Å². The second-order valence-corrected chi connectivity index (χ2v) is 15.4. The summed E-state index contributed by atoms with van der Waals surface area (Å²) in [7, 11) is 3.25. The molecule has 0 radical (unpaired) electrons. The number of amides is 3. The van der Waals surface area contributed by atoms with Gasteiger partial charge in [0.15, 0.2) is 11.5 Å². The molecule has 1 aromatic rings. The molecule has 14 nitrogen and oxygen atoms in total. The van der Waals surface area contributed by atoms with Crippen molar-refractivity contribution in [3.63, 3.8) is 0 Å². The minimum Gasteiger partial charge on any atom is -0.493 e. The van der Waals surface area contributed by atoms with E-state index < -0.39 is 53.7 Å². The summed E-state index contributed by atoms with van der Waals surface area (Å²) in [6.45, 7) is 11.7. The number of methoxy groups -OCH3 is 2. The van der Waals surface area contributed by atoms with Gasteiger partial charge in [0, 0.05) is 32.6 Å². The summed E-state index contributed by atoms with van der Waals surface area (Å²) in [6, 6.07) is 5.40. The molecule has 3 amide bonds. The molecule has 0 spiro atoms. The van der Waals surface area contributed by atoms with Crippen LogP contribution in [0.4, 0.5) is 4.79 Å². The van der Waals surface area contributed by atoms with Crippen molar-refractivity contribution in [3.8, 4) is 11.5 Å². The van der Waals surface area contributed by atoms with Crippen LogP contribution >= 0.6 is 0 Å². The van der Waals surface area contributed by atoms with Crippen molar-refractivity contribution in [2.75, 3.05) is 54.1 Å². The number of hydrogen-bond donors (Lipinski definition) is 3. The average Bonchev–Trinajstić information content (AvgIpc) is 3.81. The van der Waals surface area contributed by atoms with E-state index in [2.05, 4.69) is 19.2 Å². The van der Waals surface area contributed by atoms with Crippen LogP contribution in [-0.2, 0) is 39.8 Å². The Bertz CT molecular complexity index is 1350. The number of rotatable bonds is 22. The Balaban J connectivity index is 1.83. The molecule has 0 unspecified atom stereocenters. The van der Waals surface area contributed by atoms with Gasteiger partial charge in [-0.2, -0.15) is 0 Å².